The van der Waals surface area contributed by atoms with E-state index in [4.69, 9.17) is 20.1 Å². The minimum atomic E-state index is -1.49. The molecular weight excluding hydrogens is 1160 g/mol. The minimum Gasteiger partial charge on any atom is -0.481 e. The third kappa shape index (κ3) is 28.6. The van der Waals surface area contributed by atoms with Gasteiger partial charge in [-0.1, -0.05) is 50.7 Å². The normalized spacial score (nSPS) is 18.0. The van der Waals surface area contributed by atoms with Crippen LogP contribution in [-0.4, -0.2) is 296 Å². The molecule has 31 heteroatoms. The summed E-state index contributed by atoms with van der Waals surface area (Å²) in [7, 11) is 1.93. The average Bonchev–Trinajstić information content (AvgIpc) is 2.16. The SMILES string of the molecule is CN1CCN(CC(=O)O)CCN(CC(=O)O)CCN(CC(=O)O)C(Cc2ccc(Nc3nc(N4CCN(CCCCCCCCCCC(=O)NCCCC[C@H](NC(=O)N[C@@H](CCC(=O)O)C(=O)O)C(=O)O)CC4)nc(N4CCN(CC(=O)O)CC4)n3)cc2)C1. The van der Waals surface area contributed by atoms with Crippen molar-refractivity contribution in [3.63, 3.8) is 0 Å². The number of nitrogens with one attached hydrogen (secondary N) is 4. The molecular formula is C58H93N15O16. The van der Waals surface area contributed by atoms with Crippen molar-refractivity contribution in [2.24, 2.45) is 0 Å². The summed E-state index contributed by atoms with van der Waals surface area (Å²) in [6, 6.07) is 3.66. The van der Waals surface area contributed by atoms with Crippen LogP contribution in [0.25, 0.3) is 0 Å². The Morgan fingerprint density at radius 2 is 0.966 bits per heavy atom. The molecule has 3 aliphatic heterocycles. The molecule has 0 bridgehead atoms. The number of aromatic nitrogens is 3. The number of urea groups is 1. The van der Waals surface area contributed by atoms with Crippen molar-refractivity contribution in [2.75, 3.05) is 160 Å². The second kappa shape index (κ2) is 38.7. The zero-order valence-electron chi connectivity index (χ0n) is 51.2. The molecule has 496 valence electrons. The van der Waals surface area contributed by atoms with Crippen LogP contribution in [0.2, 0.25) is 0 Å². The molecule has 0 aliphatic carbocycles. The van der Waals surface area contributed by atoms with E-state index in [2.05, 4.69) is 36.0 Å². The van der Waals surface area contributed by atoms with Gasteiger partial charge in [0.25, 0.3) is 0 Å². The van der Waals surface area contributed by atoms with E-state index < -0.39 is 66.3 Å². The van der Waals surface area contributed by atoms with Crippen LogP contribution in [0.1, 0.15) is 95.5 Å². The van der Waals surface area contributed by atoms with Gasteiger partial charge in [-0.05, 0) is 76.2 Å². The van der Waals surface area contributed by atoms with E-state index in [0.29, 0.717) is 128 Å². The molecule has 11 N–H and O–H groups in total. The van der Waals surface area contributed by atoms with E-state index >= 15 is 0 Å². The minimum absolute atomic E-state index is 0.0465. The molecule has 89 heavy (non-hydrogen) atoms. The summed E-state index contributed by atoms with van der Waals surface area (Å²) in [5.41, 5.74) is 1.65. The van der Waals surface area contributed by atoms with Gasteiger partial charge >= 0.3 is 47.8 Å². The van der Waals surface area contributed by atoms with E-state index in [1.807, 2.05) is 46.0 Å². The number of amides is 3. The lowest BCUT2D eigenvalue weighted by Crippen LogP contribution is -2.52. The van der Waals surface area contributed by atoms with Crippen LogP contribution in [0.5, 0.6) is 0 Å². The Labute approximate surface area is 518 Å². The second-order valence-electron chi connectivity index (χ2n) is 23.1. The standard InChI is InChI=1S/C58H93N15O16/c1-66-22-23-68(38-49(77)78)24-25-69(39-50(79)80)30-35-73(41-52(83)84)44(37-66)36-42-14-16-43(17-15-42)60-55-63-56(65-57(64-55)72-33-28-70(29-34-72)40-51(81)82)71-31-26-67(27-32-71)21-11-7-5-3-2-4-6-8-13-47(74)59-20-10-9-12-45(53(85)86)61-58(89)62-46(54(87)88)18-19-48(75)76/h14-17,44-46H,2-13,18-41H2,1H3,(H,59,74)(H,75,76)(H,77,78)(H,79,80)(H,81,82)(H,83,84)(H,85,86)(H,87,88)(H2,61,62,89)(H,60,63,64,65)/t44?,45-,46-/m0/s1. The first-order chi connectivity index (χ1) is 42.6. The first-order valence-corrected chi connectivity index (χ1v) is 30.9. The number of benzene rings is 1. The van der Waals surface area contributed by atoms with E-state index in [9.17, 15) is 73.8 Å². The number of carboxylic acids is 7. The molecule has 3 atom stereocenters. The Morgan fingerprint density at radius 3 is 1.48 bits per heavy atom. The van der Waals surface area contributed by atoms with Gasteiger partial charge in [0.15, 0.2) is 0 Å². The van der Waals surface area contributed by atoms with Gasteiger partial charge in [-0.3, -0.25) is 53.3 Å². The number of likely N-dealkylation sites (N-methyl/N-ethyl adjacent to an activating group) is 1. The first-order valence-electron chi connectivity index (χ1n) is 30.9. The van der Waals surface area contributed by atoms with Gasteiger partial charge < -0.3 is 71.7 Å². The van der Waals surface area contributed by atoms with Crippen LogP contribution >= 0.6 is 0 Å². The summed E-state index contributed by atoms with van der Waals surface area (Å²) in [4.78, 5) is 136. The Bertz CT molecular complexity index is 2590. The Balaban J connectivity index is 1.05. The van der Waals surface area contributed by atoms with Crippen LogP contribution < -0.4 is 31.1 Å². The number of nitrogens with zero attached hydrogens (tertiary/aromatic N) is 11. The lowest BCUT2D eigenvalue weighted by Gasteiger charge is -2.37. The monoisotopic (exact) mass is 1260 g/mol. The number of anilines is 4. The molecule has 0 saturated carbocycles. The number of hydrogen-bond donors (Lipinski definition) is 11. The highest BCUT2D eigenvalue weighted by Crippen LogP contribution is 2.24. The number of aliphatic carboxylic acids is 7. The van der Waals surface area contributed by atoms with Crippen LogP contribution in [0.15, 0.2) is 24.3 Å². The number of hydrogen-bond acceptors (Lipinski definition) is 21. The molecule has 1 unspecified atom stereocenters. The highest BCUT2D eigenvalue weighted by Gasteiger charge is 2.29. The topological polar surface area (TPSA) is 408 Å². The summed E-state index contributed by atoms with van der Waals surface area (Å²) in [6.45, 7) is 8.46. The summed E-state index contributed by atoms with van der Waals surface area (Å²) >= 11 is 0. The highest BCUT2D eigenvalue weighted by molar-refractivity contribution is 5.86. The molecule has 31 nitrogen and oxygen atoms in total. The molecule has 3 aliphatic rings. The fourth-order valence-electron chi connectivity index (χ4n) is 11.0. The summed E-state index contributed by atoms with van der Waals surface area (Å²) in [5.74, 6) is -6.58. The number of rotatable bonds is 37. The molecule has 1 aromatic carbocycles. The van der Waals surface area contributed by atoms with Gasteiger partial charge in [0, 0.05) is 129 Å². The van der Waals surface area contributed by atoms with E-state index in [1.54, 1.807) is 9.80 Å². The van der Waals surface area contributed by atoms with Gasteiger partial charge in [-0.15, -0.1) is 0 Å². The predicted octanol–water partition coefficient (Wildman–Crippen LogP) is 0.828. The van der Waals surface area contributed by atoms with E-state index in [-0.39, 0.29) is 64.1 Å². The van der Waals surface area contributed by atoms with Crippen molar-refractivity contribution in [1.82, 2.24) is 60.3 Å². The number of carbonyl (C=O) groups excluding carboxylic acids is 2. The maximum absolute atomic E-state index is 12.4. The van der Waals surface area contributed by atoms with E-state index in [1.165, 1.54) is 0 Å². The number of unbranched alkanes of at least 4 members (excludes halogenated alkanes) is 8. The van der Waals surface area contributed by atoms with Crippen LogP contribution in [0.4, 0.5) is 28.3 Å². The van der Waals surface area contributed by atoms with Crippen LogP contribution in [-0.2, 0) is 44.8 Å². The fraction of sp³-hybridized carbons (Fsp3) is 0.690. The second-order valence-corrected chi connectivity index (χ2v) is 23.1. The maximum atomic E-state index is 12.4. The zero-order chi connectivity index (χ0) is 64.7. The van der Waals surface area contributed by atoms with Crippen LogP contribution in [0.3, 0.4) is 0 Å². The summed E-state index contributed by atoms with van der Waals surface area (Å²) < 4.78 is 0. The summed E-state index contributed by atoms with van der Waals surface area (Å²) in [6.07, 6.45) is 9.11. The average molecular weight is 1260 g/mol. The van der Waals surface area contributed by atoms with Gasteiger partial charge in [0.2, 0.25) is 23.8 Å². The third-order valence-corrected chi connectivity index (χ3v) is 16.0. The maximum Gasteiger partial charge on any atom is 0.326 e. The molecule has 5 rings (SSSR count). The van der Waals surface area contributed by atoms with Gasteiger partial charge in [-0.25, -0.2) is 14.4 Å². The van der Waals surface area contributed by atoms with Gasteiger partial charge in [-0.2, -0.15) is 15.0 Å². The fourth-order valence-corrected chi connectivity index (χ4v) is 11.0. The zero-order valence-corrected chi connectivity index (χ0v) is 51.2. The van der Waals surface area contributed by atoms with Crippen molar-refractivity contribution in [1.29, 1.82) is 0 Å². The molecule has 0 spiro atoms. The third-order valence-electron chi connectivity index (χ3n) is 16.0. The highest BCUT2D eigenvalue weighted by atomic mass is 16.4. The Hall–Kier alpha value is -7.58. The van der Waals surface area contributed by atoms with Gasteiger partial charge in [0.05, 0.1) is 26.2 Å². The van der Waals surface area contributed by atoms with Crippen molar-refractivity contribution in [2.45, 2.75) is 114 Å². The molecule has 2 aromatic rings. The number of piperazine rings is 2. The van der Waals surface area contributed by atoms with E-state index in [0.717, 1.165) is 76.6 Å². The predicted molar refractivity (Wildman–Crippen MR) is 327 cm³/mol. The molecule has 3 amide bonds. The lowest BCUT2D eigenvalue weighted by molar-refractivity contribution is -0.141. The molecule has 3 fully saturated rings. The summed E-state index contributed by atoms with van der Waals surface area (Å²) in [5, 5.41) is 76.7. The molecule has 1 aromatic heterocycles. The quantitative estimate of drug-likeness (QED) is 0.0417. The lowest BCUT2D eigenvalue weighted by atomic mass is 10.0. The van der Waals surface area contributed by atoms with Crippen LogP contribution in [0, 0.1) is 0 Å². The number of carbonyl (C=O) groups is 9. The molecule has 3 saturated heterocycles. The van der Waals surface area contributed by atoms with Crippen molar-refractivity contribution in [3.05, 3.63) is 29.8 Å². The van der Waals surface area contributed by atoms with Crippen molar-refractivity contribution in [3.8, 4) is 0 Å². The molecule has 0 radical (unpaired) electrons. The Morgan fingerprint density at radius 1 is 0.494 bits per heavy atom. The number of carboxylic acid groups (broad SMARTS) is 7. The molecule has 4 heterocycles. The van der Waals surface area contributed by atoms with Gasteiger partial charge in [0.1, 0.15) is 12.1 Å². The smallest absolute Gasteiger partial charge is 0.326 e. The van der Waals surface area contributed by atoms with Crippen molar-refractivity contribution >= 4 is 77.3 Å². The first kappa shape index (κ1) is 72.2. The largest absolute Gasteiger partial charge is 0.481 e. The Kier molecular flexibility index (Phi) is 31.4. The van der Waals surface area contributed by atoms with Crippen molar-refractivity contribution < 1.29 is 78.9 Å².